The summed E-state index contributed by atoms with van der Waals surface area (Å²) in [6.07, 6.45) is 2.86. The molecule has 0 spiro atoms. The molecule has 0 aromatic carbocycles. The molecule has 0 bridgehead atoms. The number of carbonyl (C=O) groups excluding carboxylic acids is 1. The number of rotatable bonds is 5. The van der Waals surface area contributed by atoms with Crippen molar-refractivity contribution in [1.82, 2.24) is 25.4 Å². The summed E-state index contributed by atoms with van der Waals surface area (Å²) in [5.74, 6) is 2.04. The van der Waals surface area contributed by atoms with Crippen molar-refractivity contribution in [1.29, 1.82) is 0 Å². The third-order valence-electron chi connectivity index (χ3n) is 4.29. The van der Waals surface area contributed by atoms with Crippen molar-refractivity contribution < 1.29 is 4.79 Å². The lowest BCUT2D eigenvalue weighted by molar-refractivity contribution is 0.219. The highest BCUT2D eigenvalue weighted by Gasteiger charge is 2.28. The topological polar surface area (TPSA) is 71.8 Å². The second kappa shape index (κ2) is 6.93. The number of aromatic nitrogens is 3. The van der Waals surface area contributed by atoms with Crippen LogP contribution in [0, 0.1) is 5.41 Å². The van der Waals surface area contributed by atoms with Gasteiger partial charge in [0.2, 0.25) is 0 Å². The Hall–Kier alpha value is -1.89. The Morgan fingerprint density at radius 2 is 2.25 bits per heavy atom. The minimum Gasteiger partial charge on any atom is -0.338 e. The first-order chi connectivity index (χ1) is 11.4. The molecule has 2 amide bonds. The van der Waals surface area contributed by atoms with E-state index < -0.39 is 0 Å². The van der Waals surface area contributed by atoms with E-state index in [1.165, 1.54) is 4.88 Å². The van der Waals surface area contributed by atoms with Gasteiger partial charge in [-0.3, -0.25) is 0 Å². The first kappa shape index (κ1) is 17.0. The second-order valence-corrected chi connectivity index (χ2v) is 8.23. The van der Waals surface area contributed by atoms with Gasteiger partial charge in [0, 0.05) is 30.8 Å². The summed E-state index contributed by atoms with van der Waals surface area (Å²) in [5.41, 5.74) is -0.0456. The van der Waals surface area contributed by atoms with Crippen molar-refractivity contribution in [3.05, 3.63) is 34.0 Å². The molecule has 0 radical (unpaired) electrons. The average molecular weight is 347 g/mol. The Labute approximate surface area is 146 Å². The molecule has 3 rings (SSSR count). The van der Waals surface area contributed by atoms with Crippen molar-refractivity contribution in [3.63, 3.8) is 0 Å². The van der Waals surface area contributed by atoms with Crippen LogP contribution in [-0.4, -0.2) is 27.3 Å². The Balaban J connectivity index is 1.53. The number of hydrogen-bond donors (Lipinski definition) is 2. The van der Waals surface area contributed by atoms with Crippen LogP contribution in [0.25, 0.3) is 0 Å². The van der Waals surface area contributed by atoms with Crippen molar-refractivity contribution in [3.8, 4) is 0 Å². The van der Waals surface area contributed by atoms with Crippen LogP contribution in [0.1, 0.15) is 49.8 Å². The van der Waals surface area contributed by atoms with Gasteiger partial charge in [0.05, 0.1) is 6.04 Å². The van der Waals surface area contributed by atoms with E-state index in [2.05, 4.69) is 52.2 Å². The normalized spacial score (nSPS) is 15.1. The molecule has 24 heavy (non-hydrogen) atoms. The lowest BCUT2D eigenvalue weighted by Crippen LogP contribution is -2.43. The molecule has 2 aromatic heterocycles. The van der Waals surface area contributed by atoms with Gasteiger partial charge in [0.25, 0.3) is 0 Å². The van der Waals surface area contributed by atoms with Crippen LogP contribution in [0.3, 0.4) is 0 Å². The summed E-state index contributed by atoms with van der Waals surface area (Å²) >= 11 is 1.67. The van der Waals surface area contributed by atoms with E-state index in [0.29, 0.717) is 13.0 Å². The van der Waals surface area contributed by atoms with Crippen molar-refractivity contribution in [2.24, 2.45) is 5.41 Å². The lowest BCUT2D eigenvalue weighted by atomic mass is 9.86. The third-order valence-corrected chi connectivity index (χ3v) is 5.23. The SMILES string of the molecule is CC(C)(C)C(NC(=O)NCCc1nnc2n1CCC2)c1cccs1. The Morgan fingerprint density at radius 3 is 2.96 bits per heavy atom. The van der Waals surface area contributed by atoms with Crippen molar-refractivity contribution in [2.45, 2.75) is 52.6 Å². The number of nitrogens with one attached hydrogen (secondary N) is 2. The van der Waals surface area contributed by atoms with E-state index in [1.54, 1.807) is 11.3 Å². The number of carbonyl (C=O) groups is 1. The number of aryl methyl sites for hydroxylation is 1. The van der Waals surface area contributed by atoms with Gasteiger partial charge >= 0.3 is 6.03 Å². The molecule has 1 aliphatic rings. The van der Waals surface area contributed by atoms with E-state index in [1.807, 2.05) is 11.4 Å². The molecular weight excluding hydrogens is 322 g/mol. The zero-order valence-electron chi connectivity index (χ0n) is 14.5. The number of amides is 2. The summed E-state index contributed by atoms with van der Waals surface area (Å²) in [7, 11) is 0. The van der Waals surface area contributed by atoms with Crippen LogP contribution in [0.2, 0.25) is 0 Å². The molecule has 0 fully saturated rings. The maximum atomic E-state index is 12.3. The Bertz CT molecular complexity index is 686. The van der Waals surface area contributed by atoms with Gasteiger partial charge in [-0.2, -0.15) is 0 Å². The predicted molar refractivity (Wildman–Crippen MR) is 95.1 cm³/mol. The van der Waals surface area contributed by atoms with Gasteiger partial charge < -0.3 is 15.2 Å². The summed E-state index contributed by atoms with van der Waals surface area (Å²) in [6, 6.07) is 3.95. The molecule has 0 aliphatic carbocycles. The first-order valence-electron chi connectivity index (χ1n) is 8.44. The Morgan fingerprint density at radius 1 is 1.42 bits per heavy atom. The van der Waals surface area contributed by atoms with Gasteiger partial charge in [-0.25, -0.2) is 4.79 Å². The smallest absolute Gasteiger partial charge is 0.315 e. The summed E-state index contributed by atoms with van der Waals surface area (Å²) in [6.45, 7) is 7.96. The molecule has 2 N–H and O–H groups in total. The van der Waals surface area contributed by atoms with Crippen LogP contribution < -0.4 is 10.6 Å². The van der Waals surface area contributed by atoms with Crippen molar-refractivity contribution in [2.75, 3.05) is 6.54 Å². The van der Waals surface area contributed by atoms with Crippen LogP contribution in [0.5, 0.6) is 0 Å². The second-order valence-electron chi connectivity index (χ2n) is 7.25. The molecule has 6 nitrogen and oxygen atoms in total. The minimum atomic E-state index is -0.135. The maximum Gasteiger partial charge on any atom is 0.315 e. The number of hydrogen-bond acceptors (Lipinski definition) is 4. The highest BCUT2D eigenvalue weighted by molar-refractivity contribution is 7.10. The molecule has 3 heterocycles. The Kier molecular flexibility index (Phi) is 4.89. The molecular formula is C17H25N5OS. The average Bonchev–Trinajstić information content (AvgIpc) is 3.22. The molecule has 1 atom stereocenters. The van der Waals surface area contributed by atoms with E-state index in [9.17, 15) is 4.79 Å². The largest absolute Gasteiger partial charge is 0.338 e. The fraction of sp³-hybridized carbons (Fsp3) is 0.588. The molecule has 1 unspecified atom stereocenters. The molecule has 1 aliphatic heterocycles. The molecule has 0 saturated heterocycles. The lowest BCUT2D eigenvalue weighted by Gasteiger charge is -2.30. The van der Waals surface area contributed by atoms with Crippen molar-refractivity contribution >= 4 is 17.4 Å². The predicted octanol–water partition coefficient (Wildman–Crippen LogP) is 2.91. The standard InChI is InChI=1S/C17H25N5OS/c1-17(2,3)15(12-6-5-11-24-12)19-16(23)18-9-8-14-21-20-13-7-4-10-22(13)14/h5-6,11,15H,4,7-10H2,1-3H3,(H2,18,19,23). The van der Waals surface area contributed by atoms with Gasteiger partial charge in [-0.1, -0.05) is 26.8 Å². The fourth-order valence-corrected chi connectivity index (χ4v) is 4.06. The summed E-state index contributed by atoms with van der Waals surface area (Å²) in [5, 5.41) is 16.5. The monoisotopic (exact) mass is 347 g/mol. The van der Waals surface area contributed by atoms with Gasteiger partial charge in [-0.05, 0) is 23.3 Å². The molecule has 2 aromatic rings. The zero-order chi connectivity index (χ0) is 17.2. The number of urea groups is 1. The van der Waals surface area contributed by atoms with Crippen LogP contribution >= 0.6 is 11.3 Å². The maximum absolute atomic E-state index is 12.3. The molecule has 7 heteroatoms. The van der Waals surface area contributed by atoms with Crippen LogP contribution in [-0.2, 0) is 19.4 Å². The van der Waals surface area contributed by atoms with E-state index in [-0.39, 0.29) is 17.5 Å². The minimum absolute atomic E-state index is 0.00478. The van der Waals surface area contributed by atoms with Gasteiger partial charge in [0.1, 0.15) is 11.6 Å². The van der Waals surface area contributed by atoms with Gasteiger partial charge in [0.15, 0.2) is 0 Å². The number of fused-ring (bicyclic) bond motifs is 1. The zero-order valence-corrected chi connectivity index (χ0v) is 15.3. The van der Waals surface area contributed by atoms with E-state index >= 15 is 0 Å². The molecule has 130 valence electrons. The fourth-order valence-electron chi connectivity index (χ4n) is 3.04. The molecule has 0 saturated carbocycles. The van der Waals surface area contributed by atoms with Crippen LogP contribution in [0.15, 0.2) is 17.5 Å². The highest BCUT2D eigenvalue weighted by atomic mass is 32.1. The van der Waals surface area contributed by atoms with Crippen LogP contribution in [0.4, 0.5) is 4.79 Å². The summed E-state index contributed by atoms with van der Waals surface area (Å²) < 4.78 is 2.17. The van der Waals surface area contributed by atoms with E-state index in [4.69, 9.17) is 0 Å². The first-order valence-corrected chi connectivity index (χ1v) is 9.32. The number of nitrogens with zero attached hydrogens (tertiary/aromatic N) is 3. The van der Waals surface area contributed by atoms with Gasteiger partial charge in [-0.15, -0.1) is 21.5 Å². The van der Waals surface area contributed by atoms with E-state index in [0.717, 1.165) is 31.0 Å². The number of thiophene rings is 1. The highest BCUT2D eigenvalue weighted by Crippen LogP contribution is 2.34. The summed E-state index contributed by atoms with van der Waals surface area (Å²) in [4.78, 5) is 13.5. The quantitative estimate of drug-likeness (QED) is 0.873. The third kappa shape index (κ3) is 3.77.